The molecule has 104 valence electrons. The molecule has 0 saturated carbocycles. The van der Waals surface area contributed by atoms with E-state index < -0.39 is 15.5 Å². The van der Waals surface area contributed by atoms with E-state index >= 15 is 0 Å². The standard InChI is InChI=1S/C11H20N4OSSi2/c1-18(2,3)16-10-8-9(12-7-13-10)15-11(14-8)17-19(4,5)6/h7H,1-6H3,(H,12,13,14,15). The van der Waals surface area contributed by atoms with Crippen molar-refractivity contribution in [3.63, 3.8) is 0 Å². The van der Waals surface area contributed by atoms with Gasteiger partial charge in [0.2, 0.25) is 14.2 Å². The zero-order valence-electron chi connectivity index (χ0n) is 12.2. The van der Waals surface area contributed by atoms with Crippen molar-refractivity contribution in [2.45, 2.75) is 44.4 Å². The van der Waals surface area contributed by atoms with Crippen molar-refractivity contribution in [2.24, 2.45) is 0 Å². The van der Waals surface area contributed by atoms with Crippen molar-refractivity contribution in [1.29, 1.82) is 0 Å². The van der Waals surface area contributed by atoms with Gasteiger partial charge in [0.25, 0.3) is 0 Å². The van der Waals surface area contributed by atoms with Gasteiger partial charge >= 0.3 is 0 Å². The van der Waals surface area contributed by atoms with E-state index in [0.717, 1.165) is 10.7 Å². The minimum atomic E-state index is -1.69. The minimum Gasteiger partial charge on any atom is -0.530 e. The van der Waals surface area contributed by atoms with Crippen molar-refractivity contribution in [3.8, 4) is 5.88 Å². The number of fused-ring (bicyclic) bond motifs is 1. The molecule has 2 rings (SSSR count). The molecular weight excluding hydrogens is 292 g/mol. The molecule has 2 aromatic heterocycles. The number of aromatic nitrogens is 4. The summed E-state index contributed by atoms with van der Waals surface area (Å²) in [7, 11) is -2.97. The second kappa shape index (κ2) is 4.91. The predicted molar refractivity (Wildman–Crippen MR) is 84.9 cm³/mol. The first-order chi connectivity index (χ1) is 8.64. The molecule has 1 N–H and O–H groups in total. The normalized spacial score (nSPS) is 12.9. The lowest BCUT2D eigenvalue weighted by atomic mass is 10.5. The van der Waals surface area contributed by atoms with Crippen LogP contribution >= 0.6 is 11.2 Å². The quantitative estimate of drug-likeness (QED) is 0.875. The van der Waals surface area contributed by atoms with E-state index in [4.69, 9.17) is 4.43 Å². The highest BCUT2D eigenvalue weighted by Crippen LogP contribution is 2.30. The summed E-state index contributed by atoms with van der Waals surface area (Å²) in [6.07, 6.45) is 1.52. The summed E-state index contributed by atoms with van der Waals surface area (Å²) in [5.41, 5.74) is 1.50. The van der Waals surface area contributed by atoms with Crippen LogP contribution in [0, 0.1) is 0 Å². The van der Waals surface area contributed by atoms with E-state index in [1.54, 1.807) is 0 Å². The van der Waals surface area contributed by atoms with Crippen molar-refractivity contribution < 1.29 is 4.43 Å². The summed E-state index contributed by atoms with van der Waals surface area (Å²) < 4.78 is 5.98. The molecule has 0 radical (unpaired) electrons. The predicted octanol–water partition coefficient (Wildman–Crippen LogP) is 3.49. The van der Waals surface area contributed by atoms with Crippen LogP contribution in [0.1, 0.15) is 0 Å². The average Bonchev–Trinajstić information content (AvgIpc) is 2.55. The van der Waals surface area contributed by atoms with Gasteiger partial charge in [0.1, 0.15) is 19.1 Å². The fourth-order valence-electron chi connectivity index (χ4n) is 1.49. The summed E-state index contributed by atoms with van der Waals surface area (Å²) in [5.74, 6) is 0.624. The summed E-state index contributed by atoms with van der Waals surface area (Å²) >= 11 is 1.81. The third kappa shape index (κ3) is 4.05. The second-order valence-corrected chi connectivity index (χ2v) is 19.9. The van der Waals surface area contributed by atoms with Gasteiger partial charge in [0, 0.05) is 0 Å². The van der Waals surface area contributed by atoms with Crippen LogP contribution in [0.2, 0.25) is 39.3 Å². The van der Waals surface area contributed by atoms with Crippen LogP contribution in [0.25, 0.3) is 11.2 Å². The lowest BCUT2D eigenvalue weighted by molar-refractivity contribution is 0.538. The molecule has 0 atom stereocenters. The number of nitrogens with one attached hydrogen (secondary N) is 1. The van der Waals surface area contributed by atoms with Gasteiger partial charge in [-0.3, -0.25) is 0 Å². The Labute approximate surface area is 119 Å². The van der Waals surface area contributed by atoms with Crippen LogP contribution in [0.4, 0.5) is 0 Å². The second-order valence-electron chi connectivity index (χ2n) is 6.35. The van der Waals surface area contributed by atoms with Gasteiger partial charge in [0.15, 0.2) is 10.8 Å². The lowest BCUT2D eigenvalue weighted by Gasteiger charge is -2.17. The number of nitrogens with zero attached hydrogens (tertiary/aromatic N) is 3. The van der Waals surface area contributed by atoms with E-state index in [0.29, 0.717) is 11.5 Å². The molecule has 0 amide bonds. The largest absolute Gasteiger partial charge is 0.530 e. The van der Waals surface area contributed by atoms with E-state index in [2.05, 4.69) is 59.2 Å². The third-order valence-electron chi connectivity index (χ3n) is 2.04. The maximum Gasteiger partial charge on any atom is 0.244 e. The smallest absolute Gasteiger partial charge is 0.244 e. The van der Waals surface area contributed by atoms with Gasteiger partial charge in [-0.2, -0.15) is 0 Å². The van der Waals surface area contributed by atoms with Crippen LogP contribution in [-0.2, 0) is 0 Å². The van der Waals surface area contributed by atoms with Crippen molar-refractivity contribution >= 4 is 37.9 Å². The molecule has 0 fully saturated rings. The average molecular weight is 313 g/mol. The van der Waals surface area contributed by atoms with Crippen LogP contribution in [0.3, 0.4) is 0 Å². The Hall–Kier alpha value is -0.866. The maximum absolute atomic E-state index is 5.98. The molecule has 8 heteroatoms. The third-order valence-corrected chi connectivity index (χ3v) is 6.26. The lowest BCUT2D eigenvalue weighted by Crippen LogP contribution is -2.29. The molecule has 0 unspecified atom stereocenters. The van der Waals surface area contributed by atoms with Gasteiger partial charge in [-0.1, -0.05) is 19.6 Å². The number of aromatic amines is 1. The number of H-pyrrole nitrogens is 1. The molecule has 0 aliphatic heterocycles. The highest BCUT2D eigenvalue weighted by Gasteiger charge is 2.22. The van der Waals surface area contributed by atoms with E-state index in [1.165, 1.54) is 6.33 Å². The molecule has 0 aliphatic rings. The van der Waals surface area contributed by atoms with Crippen LogP contribution < -0.4 is 4.43 Å². The molecule has 0 aliphatic carbocycles. The Morgan fingerprint density at radius 3 is 2.37 bits per heavy atom. The topological polar surface area (TPSA) is 63.7 Å². The van der Waals surface area contributed by atoms with Gasteiger partial charge in [-0.25, -0.2) is 15.0 Å². The molecule has 5 nitrogen and oxygen atoms in total. The minimum absolute atomic E-state index is 0.624. The molecule has 0 spiro atoms. The van der Waals surface area contributed by atoms with Crippen molar-refractivity contribution in [3.05, 3.63) is 6.33 Å². The summed E-state index contributed by atoms with van der Waals surface area (Å²) in [4.78, 5) is 16.3. The first-order valence-corrected chi connectivity index (χ1v) is 14.7. The highest BCUT2D eigenvalue weighted by atomic mass is 32.4. The monoisotopic (exact) mass is 312 g/mol. The molecular formula is C11H20N4OSSi2. The van der Waals surface area contributed by atoms with Gasteiger partial charge < -0.3 is 9.41 Å². The fourth-order valence-corrected chi connectivity index (χ4v) is 5.12. The first kappa shape index (κ1) is 14.5. The molecule has 2 aromatic rings. The highest BCUT2D eigenvalue weighted by molar-refractivity contribution is 8.28. The summed E-state index contributed by atoms with van der Waals surface area (Å²) in [6, 6.07) is 0. The number of rotatable bonds is 4. The van der Waals surface area contributed by atoms with E-state index in [-0.39, 0.29) is 0 Å². The Kier molecular flexibility index (Phi) is 3.76. The summed E-state index contributed by atoms with van der Waals surface area (Å²) in [6.45, 7) is 13.3. The zero-order chi connectivity index (χ0) is 14.3. The van der Waals surface area contributed by atoms with Gasteiger partial charge in [-0.15, -0.1) is 11.2 Å². The molecule has 0 saturated heterocycles. The van der Waals surface area contributed by atoms with Gasteiger partial charge in [0.05, 0.1) is 0 Å². The fraction of sp³-hybridized carbons (Fsp3) is 0.545. The van der Waals surface area contributed by atoms with Crippen LogP contribution in [0.15, 0.2) is 11.5 Å². The maximum atomic E-state index is 5.98. The Morgan fingerprint density at radius 1 is 1.11 bits per heavy atom. The first-order valence-electron chi connectivity index (χ1n) is 6.23. The SMILES string of the molecule is C[Si](C)(C)Oc1ncnc2nc(S[Si](C)(C)C)[nH]c12. The molecule has 19 heavy (non-hydrogen) atoms. The Morgan fingerprint density at radius 2 is 1.79 bits per heavy atom. The zero-order valence-corrected chi connectivity index (χ0v) is 15.1. The number of imidazole rings is 1. The van der Waals surface area contributed by atoms with E-state index in [1.807, 2.05) is 11.2 Å². The molecule has 0 bridgehead atoms. The van der Waals surface area contributed by atoms with Crippen LogP contribution in [0.5, 0.6) is 5.88 Å². The van der Waals surface area contributed by atoms with Gasteiger partial charge in [-0.05, 0) is 19.6 Å². The summed E-state index contributed by atoms with van der Waals surface area (Å²) in [5, 5.41) is 0.912. The van der Waals surface area contributed by atoms with Crippen molar-refractivity contribution in [1.82, 2.24) is 19.9 Å². The number of hydrogen-bond donors (Lipinski definition) is 1. The number of hydrogen-bond acceptors (Lipinski definition) is 5. The Balaban J connectivity index is 2.39. The molecule has 2 heterocycles. The Bertz CT molecular complexity index is 588. The van der Waals surface area contributed by atoms with E-state index in [9.17, 15) is 0 Å². The van der Waals surface area contributed by atoms with Crippen LogP contribution in [-0.4, -0.2) is 35.5 Å². The molecule has 0 aromatic carbocycles. The van der Waals surface area contributed by atoms with Crippen molar-refractivity contribution in [2.75, 3.05) is 0 Å².